The first-order valence-electron chi connectivity index (χ1n) is 6.67. The van der Waals surface area contributed by atoms with Crippen molar-refractivity contribution in [3.63, 3.8) is 0 Å². The van der Waals surface area contributed by atoms with Crippen LogP contribution in [0.1, 0.15) is 24.7 Å². The molecule has 0 radical (unpaired) electrons. The lowest BCUT2D eigenvalue weighted by Gasteiger charge is -2.06. The molecule has 0 amide bonds. The number of nitrogens with zero attached hydrogens (tertiary/aromatic N) is 2. The van der Waals surface area contributed by atoms with E-state index < -0.39 is 10.0 Å². The highest BCUT2D eigenvalue weighted by Gasteiger charge is 2.19. The number of nitrogens with one attached hydrogen (secondary N) is 1. The molecular weight excluding hydrogens is 354 g/mol. The third-order valence-electron chi connectivity index (χ3n) is 3.05. The second-order valence-corrected chi connectivity index (χ2v) is 6.95. The van der Waals surface area contributed by atoms with Crippen LogP contribution in [-0.2, 0) is 21.9 Å². The Balaban J connectivity index is 2.22. The van der Waals surface area contributed by atoms with E-state index in [2.05, 4.69) is 25.6 Å². The van der Waals surface area contributed by atoms with Gasteiger partial charge in [-0.1, -0.05) is 35.0 Å². The van der Waals surface area contributed by atoms with E-state index in [1.807, 2.05) is 23.6 Å². The number of anilines is 1. The summed E-state index contributed by atoms with van der Waals surface area (Å²) in [4.78, 5) is 4.14. The lowest BCUT2D eigenvalue weighted by molar-refractivity contribution is 0.597. The van der Waals surface area contributed by atoms with Gasteiger partial charge in [0.1, 0.15) is 5.82 Å². The molecular formula is C14H18BrN3O2S. The number of imidazole rings is 1. The van der Waals surface area contributed by atoms with Gasteiger partial charge in [-0.05, 0) is 31.0 Å². The SMILES string of the molecule is CCCn1cc(S(=O)(=O)Nc2ccc(CBr)cc2)nc1C. The van der Waals surface area contributed by atoms with E-state index in [0.29, 0.717) is 11.5 Å². The van der Waals surface area contributed by atoms with Crippen LogP contribution in [0.15, 0.2) is 35.5 Å². The molecule has 1 aromatic carbocycles. The van der Waals surface area contributed by atoms with Gasteiger partial charge in [0.15, 0.2) is 5.03 Å². The number of halogens is 1. The van der Waals surface area contributed by atoms with Crippen molar-refractivity contribution in [1.29, 1.82) is 0 Å². The summed E-state index contributed by atoms with van der Waals surface area (Å²) in [6, 6.07) is 7.22. The van der Waals surface area contributed by atoms with Crippen LogP contribution in [0.4, 0.5) is 5.69 Å². The Morgan fingerprint density at radius 3 is 2.52 bits per heavy atom. The molecule has 0 atom stereocenters. The summed E-state index contributed by atoms with van der Waals surface area (Å²) in [5.41, 5.74) is 1.61. The van der Waals surface area contributed by atoms with Gasteiger partial charge in [0.2, 0.25) is 0 Å². The van der Waals surface area contributed by atoms with E-state index in [-0.39, 0.29) is 5.03 Å². The molecule has 0 saturated heterocycles. The van der Waals surface area contributed by atoms with E-state index in [0.717, 1.165) is 23.9 Å². The van der Waals surface area contributed by atoms with E-state index in [1.54, 1.807) is 25.3 Å². The fraction of sp³-hybridized carbons (Fsp3) is 0.357. The molecule has 2 rings (SSSR count). The normalized spacial score (nSPS) is 11.6. The molecule has 0 bridgehead atoms. The largest absolute Gasteiger partial charge is 0.334 e. The summed E-state index contributed by atoms with van der Waals surface area (Å²) >= 11 is 3.35. The van der Waals surface area contributed by atoms with Crippen LogP contribution < -0.4 is 4.72 Å². The minimum Gasteiger partial charge on any atom is -0.334 e. The van der Waals surface area contributed by atoms with Crippen molar-refractivity contribution in [1.82, 2.24) is 9.55 Å². The van der Waals surface area contributed by atoms with E-state index >= 15 is 0 Å². The van der Waals surface area contributed by atoms with Crippen LogP contribution >= 0.6 is 15.9 Å². The van der Waals surface area contributed by atoms with Crippen LogP contribution in [0.5, 0.6) is 0 Å². The van der Waals surface area contributed by atoms with E-state index in [1.165, 1.54) is 0 Å². The predicted octanol–water partition coefficient (Wildman–Crippen LogP) is 3.30. The first-order chi connectivity index (χ1) is 9.96. The van der Waals surface area contributed by atoms with Gasteiger partial charge in [-0.15, -0.1) is 0 Å². The zero-order chi connectivity index (χ0) is 15.5. The molecule has 0 aliphatic heterocycles. The molecule has 0 unspecified atom stereocenters. The first-order valence-corrected chi connectivity index (χ1v) is 9.28. The lowest BCUT2D eigenvalue weighted by atomic mass is 10.2. The average Bonchev–Trinajstić information content (AvgIpc) is 2.82. The number of sulfonamides is 1. The Kier molecular flexibility index (Phi) is 5.05. The summed E-state index contributed by atoms with van der Waals surface area (Å²) in [5.74, 6) is 0.701. The molecule has 7 heteroatoms. The van der Waals surface area contributed by atoms with Crippen LogP contribution in [0.2, 0.25) is 0 Å². The fourth-order valence-electron chi connectivity index (χ4n) is 1.95. The Hall–Kier alpha value is -1.34. The molecule has 0 saturated carbocycles. The van der Waals surface area contributed by atoms with Crippen molar-refractivity contribution in [2.24, 2.45) is 0 Å². The summed E-state index contributed by atoms with van der Waals surface area (Å²) in [5, 5.41) is 0.790. The van der Waals surface area contributed by atoms with Gasteiger partial charge in [0.05, 0.1) is 0 Å². The van der Waals surface area contributed by atoms with Crippen molar-refractivity contribution in [2.75, 3.05) is 4.72 Å². The maximum absolute atomic E-state index is 12.3. The average molecular weight is 372 g/mol. The highest BCUT2D eigenvalue weighted by Crippen LogP contribution is 2.17. The lowest BCUT2D eigenvalue weighted by Crippen LogP contribution is -2.13. The maximum atomic E-state index is 12.3. The van der Waals surface area contributed by atoms with Crippen molar-refractivity contribution >= 4 is 31.6 Å². The zero-order valence-corrected chi connectivity index (χ0v) is 14.4. The summed E-state index contributed by atoms with van der Waals surface area (Å²) in [6.07, 6.45) is 2.51. The van der Waals surface area contributed by atoms with Gasteiger partial charge in [-0.3, -0.25) is 4.72 Å². The van der Waals surface area contributed by atoms with Gasteiger partial charge in [-0.2, -0.15) is 8.42 Å². The van der Waals surface area contributed by atoms with Gasteiger partial charge in [0, 0.05) is 23.8 Å². The highest BCUT2D eigenvalue weighted by atomic mass is 79.9. The number of aromatic nitrogens is 2. The minimum atomic E-state index is -3.65. The Morgan fingerprint density at radius 1 is 1.29 bits per heavy atom. The van der Waals surface area contributed by atoms with Crippen molar-refractivity contribution < 1.29 is 8.42 Å². The van der Waals surface area contributed by atoms with Crippen LogP contribution in [0, 0.1) is 6.92 Å². The van der Waals surface area contributed by atoms with Gasteiger partial charge in [0.25, 0.3) is 10.0 Å². The molecule has 5 nitrogen and oxygen atoms in total. The molecule has 21 heavy (non-hydrogen) atoms. The van der Waals surface area contributed by atoms with E-state index in [9.17, 15) is 8.42 Å². The summed E-state index contributed by atoms with van der Waals surface area (Å²) in [6.45, 7) is 4.60. The quantitative estimate of drug-likeness (QED) is 0.792. The monoisotopic (exact) mass is 371 g/mol. The molecule has 1 heterocycles. The molecule has 1 N–H and O–H groups in total. The number of rotatable bonds is 6. The number of benzene rings is 1. The second kappa shape index (κ2) is 6.62. The Bertz CT molecular complexity index is 708. The minimum absolute atomic E-state index is 0.0537. The number of hydrogen-bond acceptors (Lipinski definition) is 3. The summed E-state index contributed by atoms with van der Waals surface area (Å²) < 4.78 is 29.1. The molecule has 1 aromatic heterocycles. The third-order valence-corrected chi connectivity index (χ3v) is 4.95. The summed E-state index contributed by atoms with van der Waals surface area (Å²) in [7, 11) is -3.65. The van der Waals surface area contributed by atoms with Gasteiger partial charge >= 0.3 is 0 Å². The molecule has 0 spiro atoms. The maximum Gasteiger partial charge on any atom is 0.280 e. The third kappa shape index (κ3) is 3.85. The van der Waals surface area contributed by atoms with Gasteiger partial charge in [-0.25, -0.2) is 4.98 Å². The molecule has 0 fully saturated rings. The van der Waals surface area contributed by atoms with E-state index in [4.69, 9.17) is 0 Å². The predicted molar refractivity (Wildman–Crippen MR) is 87.1 cm³/mol. The fourth-order valence-corrected chi connectivity index (χ4v) is 3.39. The van der Waals surface area contributed by atoms with Crippen LogP contribution in [0.3, 0.4) is 0 Å². The Morgan fingerprint density at radius 2 is 1.95 bits per heavy atom. The smallest absolute Gasteiger partial charge is 0.280 e. The standard InChI is InChI=1S/C14H18BrN3O2S/c1-3-8-18-10-14(16-11(18)2)21(19,20)17-13-6-4-12(9-15)5-7-13/h4-7,10,17H,3,8-9H2,1-2H3. The van der Waals surface area contributed by atoms with Crippen LogP contribution in [-0.4, -0.2) is 18.0 Å². The number of aryl methyl sites for hydroxylation is 2. The molecule has 0 aliphatic rings. The topological polar surface area (TPSA) is 64.0 Å². The first kappa shape index (κ1) is 16.0. The number of alkyl halides is 1. The van der Waals surface area contributed by atoms with Gasteiger partial charge < -0.3 is 4.57 Å². The molecule has 2 aromatic rings. The zero-order valence-electron chi connectivity index (χ0n) is 12.0. The number of hydrogen-bond donors (Lipinski definition) is 1. The van der Waals surface area contributed by atoms with Crippen molar-refractivity contribution in [3.8, 4) is 0 Å². The second-order valence-electron chi connectivity index (χ2n) is 4.76. The van der Waals surface area contributed by atoms with Crippen molar-refractivity contribution in [3.05, 3.63) is 41.9 Å². The van der Waals surface area contributed by atoms with Crippen molar-refractivity contribution in [2.45, 2.75) is 37.2 Å². The molecule has 0 aliphatic carbocycles. The molecule has 114 valence electrons. The Labute approximate surface area is 133 Å². The highest BCUT2D eigenvalue weighted by molar-refractivity contribution is 9.08. The van der Waals surface area contributed by atoms with Crippen LogP contribution in [0.25, 0.3) is 0 Å².